The van der Waals surface area contributed by atoms with Crippen molar-refractivity contribution in [3.05, 3.63) is 40.7 Å². The zero-order valence-corrected chi connectivity index (χ0v) is 7.25. The minimum absolute atomic E-state index is 0.0208. The molecule has 4 heteroatoms. The lowest BCUT2D eigenvalue weighted by Gasteiger charge is -1.97. The van der Waals surface area contributed by atoms with E-state index in [0.717, 1.165) is 12.2 Å². The van der Waals surface area contributed by atoms with Crippen molar-refractivity contribution in [1.29, 1.82) is 0 Å². The molecule has 1 aromatic carbocycles. The summed E-state index contributed by atoms with van der Waals surface area (Å²) in [6, 6.07) is 4.39. The van der Waals surface area contributed by atoms with Gasteiger partial charge in [-0.15, -0.1) is 0 Å². The smallest absolute Gasteiger partial charge is 0.328 e. The van der Waals surface area contributed by atoms with Crippen molar-refractivity contribution in [3.63, 3.8) is 0 Å². The summed E-state index contributed by atoms with van der Waals surface area (Å²) < 4.78 is 13.1. The maximum absolute atomic E-state index is 13.1. The number of aliphatic carboxylic acids is 1. The number of hydrogen-bond acceptors (Lipinski definition) is 1. The maximum atomic E-state index is 13.1. The summed E-state index contributed by atoms with van der Waals surface area (Å²) in [5.74, 6) is -1.74. The monoisotopic (exact) mass is 200 g/mol. The van der Waals surface area contributed by atoms with Crippen LogP contribution in [0.1, 0.15) is 5.56 Å². The third-order valence-electron chi connectivity index (χ3n) is 1.39. The zero-order chi connectivity index (χ0) is 9.84. The van der Waals surface area contributed by atoms with Gasteiger partial charge in [-0.3, -0.25) is 0 Å². The van der Waals surface area contributed by atoms with Crippen LogP contribution in [0.4, 0.5) is 4.39 Å². The number of carboxylic acids is 1. The highest BCUT2D eigenvalue weighted by atomic mass is 35.5. The molecule has 0 aliphatic heterocycles. The van der Waals surface area contributed by atoms with E-state index in [4.69, 9.17) is 16.7 Å². The Morgan fingerprint density at radius 3 is 2.85 bits per heavy atom. The minimum atomic E-state index is -1.13. The first-order chi connectivity index (χ1) is 6.11. The molecule has 0 amide bonds. The van der Waals surface area contributed by atoms with Crippen molar-refractivity contribution in [2.75, 3.05) is 0 Å². The first-order valence-electron chi connectivity index (χ1n) is 3.46. The average molecular weight is 201 g/mol. The predicted molar refractivity (Wildman–Crippen MR) is 48.1 cm³/mol. The summed E-state index contributed by atoms with van der Waals surface area (Å²) in [4.78, 5) is 10.1. The molecule has 13 heavy (non-hydrogen) atoms. The first kappa shape index (κ1) is 9.74. The fraction of sp³-hybridized carbons (Fsp3) is 0. The van der Waals surface area contributed by atoms with Crippen molar-refractivity contribution in [3.8, 4) is 0 Å². The maximum Gasteiger partial charge on any atom is 0.328 e. The average Bonchev–Trinajstić information content (AvgIpc) is 2.07. The molecule has 0 aliphatic carbocycles. The molecule has 0 aliphatic rings. The van der Waals surface area contributed by atoms with E-state index in [1.54, 1.807) is 6.07 Å². The largest absolute Gasteiger partial charge is 0.478 e. The summed E-state index contributed by atoms with van der Waals surface area (Å²) in [6.45, 7) is 0. The van der Waals surface area contributed by atoms with Crippen molar-refractivity contribution < 1.29 is 14.3 Å². The van der Waals surface area contributed by atoms with Gasteiger partial charge in [-0.2, -0.15) is 0 Å². The van der Waals surface area contributed by atoms with Crippen LogP contribution in [0.5, 0.6) is 0 Å². The molecule has 0 saturated carbocycles. The number of halogens is 2. The molecule has 0 bridgehead atoms. The van der Waals surface area contributed by atoms with Gasteiger partial charge in [-0.25, -0.2) is 9.18 Å². The van der Waals surface area contributed by atoms with E-state index in [1.807, 2.05) is 0 Å². The Hall–Kier alpha value is -1.35. The highest BCUT2D eigenvalue weighted by Crippen LogP contribution is 2.18. The van der Waals surface area contributed by atoms with Crippen LogP contribution in [0, 0.1) is 5.82 Å². The molecule has 0 saturated heterocycles. The van der Waals surface area contributed by atoms with Crippen LogP contribution in [0.15, 0.2) is 24.3 Å². The number of rotatable bonds is 2. The molecular formula is C9H6ClFO2. The van der Waals surface area contributed by atoms with Crippen molar-refractivity contribution >= 4 is 23.6 Å². The normalized spacial score (nSPS) is 10.6. The lowest BCUT2D eigenvalue weighted by molar-refractivity contribution is -0.131. The van der Waals surface area contributed by atoms with E-state index in [-0.39, 0.29) is 10.6 Å². The van der Waals surface area contributed by atoms with E-state index in [2.05, 4.69) is 0 Å². The summed E-state index contributed by atoms with van der Waals surface area (Å²) in [5, 5.41) is 8.27. The van der Waals surface area contributed by atoms with Gasteiger partial charge in [0.1, 0.15) is 5.82 Å². The summed E-state index contributed by atoms with van der Waals surface area (Å²) >= 11 is 5.47. The van der Waals surface area contributed by atoms with Crippen molar-refractivity contribution in [2.45, 2.75) is 0 Å². The number of benzene rings is 1. The van der Waals surface area contributed by atoms with Crippen LogP contribution in [0.3, 0.4) is 0 Å². The van der Waals surface area contributed by atoms with Gasteiger partial charge < -0.3 is 5.11 Å². The van der Waals surface area contributed by atoms with Crippen LogP contribution in [-0.2, 0) is 4.79 Å². The standard InChI is InChI=1S/C9H6ClFO2/c10-7-3-1-2-6(9(7)11)4-5-8(12)13/h1-5H,(H,12,13)/b5-4-. The second-order valence-corrected chi connectivity index (χ2v) is 2.72. The molecule has 0 spiro atoms. The van der Waals surface area contributed by atoms with Gasteiger partial charge in [0.25, 0.3) is 0 Å². The van der Waals surface area contributed by atoms with Gasteiger partial charge in [-0.1, -0.05) is 23.7 Å². The van der Waals surface area contributed by atoms with Gasteiger partial charge >= 0.3 is 5.97 Å². The predicted octanol–water partition coefficient (Wildman–Crippen LogP) is 2.58. The quantitative estimate of drug-likeness (QED) is 0.745. The van der Waals surface area contributed by atoms with E-state index >= 15 is 0 Å². The molecule has 0 radical (unpaired) electrons. The third kappa shape index (κ3) is 2.56. The summed E-state index contributed by atoms with van der Waals surface area (Å²) in [7, 11) is 0. The number of carboxylic acid groups (broad SMARTS) is 1. The number of carbonyl (C=O) groups is 1. The molecule has 1 N–H and O–H groups in total. The minimum Gasteiger partial charge on any atom is -0.478 e. The molecule has 0 heterocycles. The fourth-order valence-electron chi connectivity index (χ4n) is 0.810. The van der Waals surface area contributed by atoms with E-state index in [1.165, 1.54) is 12.1 Å². The molecular weight excluding hydrogens is 195 g/mol. The van der Waals surface area contributed by atoms with Gasteiger partial charge in [0, 0.05) is 11.6 Å². The second-order valence-electron chi connectivity index (χ2n) is 2.31. The highest BCUT2D eigenvalue weighted by Gasteiger charge is 2.02. The van der Waals surface area contributed by atoms with Crippen LogP contribution < -0.4 is 0 Å². The number of hydrogen-bond donors (Lipinski definition) is 1. The Labute approximate surface area is 79.3 Å². The van der Waals surface area contributed by atoms with E-state index in [9.17, 15) is 9.18 Å². The van der Waals surface area contributed by atoms with Gasteiger partial charge in [0.15, 0.2) is 0 Å². The molecule has 0 fully saturated rings. The Balaban J connectivity index is 3.02. The molecule has 1 rings (SSSR count). The second kappa shape index (κ2) is 4.05. The summed E-state index contributed by atoms with van der Waals surface area (Å²) in [6.07, 6.45) is 2.01. The molecule has 0 aromatic heterocycles. The molecule has 2 nitrogen and oxygen atoms in total. The first-order valence-corrected chi connectivity index (χ1v) is 3.84. The summed E-state index contributed by atoms with van der Waals surface area (Å²) in [5.41, 5.74) is 0.162. The third-order valence-corrected chi connectivity index (χ3v) is 1.68. The van der Waals surface area contributed by atoms with Crippen LogP contribution >= 0.6 is 11.6 Å². The SMILES string of the molecule is O=C(O)/C=C\c1cccc(Cl)c1F. The van der Waals surface area contributed by atoms with Crippen molar-refractivity contribution in [2.24, 2.45) is 0 Å². The Kier molecular flexibility index (Phi) is 3.03. The van der Waals surface area contributed by atoms with Gasteiger partial charge in [0.05, 0.1) is 5.02 Å². The Bertz CT molecular complexity index is 361. The van der Waals surface area contributed by atoms with Crippen LogP contribution in [0.25, 0.3) is 6.08 Å². The lowest BCUT2D eigenvalue weighted by atomic mass is 10.2. The Morgan fingerprint density at radius 1 is 1.54 bits per heavy atom. The van der Waals surface area contributed by atoms with Gasteiger partial charge in [-0.05, 0) is 12.1 Å². The highest BCUT2D eigenvalue weighted by molar-refractivity contribution is 6.30. The lowest BCUT2D eigenvalue weighted by Crippen LogP contribution is -1.88. The Morgan fingerprint density at radius 2 is 2.23 bits per heavy atom. The topological polar surface area (TPSA) is 37.3 Å². The van der Waals surface area contributed by atoms with Gasteiger partial charge in [0.2, 0.25) is 0 Å². The molecule has 1 aromatic rings. The van der Waals surface area contributed by atoms with E-state index in [0.29, 0.717) is 0 Å². The molecule has 68 valence electrons. The van der Waals surface area contributed by atoms with Crippen molar-refractivity contribution in [1.82, 2.24) is 0 Å². The molecule has 0 atom stereocenters. The molecule has 0 unspecified atom stereocenters. The fourth-order valence-corrected chi connectivity index (χ4v) is 0.992. The zero-order valence-electron chi connectivity index (χ0n) is 6.50. The van der Waals surface area contributed by atoms with Crippen LogP contribution in [0.2, 0.25) is 5.02 Å². The van der Waals surface area contributed by atoms with E-state index < -0.39 is 11.8 Å². The van der Waals surface area contributed by atoms with Crippen LogP contribution in [-0.4, -0.2) is 11.1 Å².